The zero-order valence-corrected chi connectivity index (χ0v) is 16.8. The molecule has 31 heavy (non-hydrogen) atoms. The zero-order valence-electron chi connectivity index (χ0n) is 16.8. The third-order valence-corrected chi connectivity index (χ3v) is 5.51. The first-order chi connectivity index (χ1) is 15.2. The molecule has 1 N–H and O–H groups in total. The van der Waals surface area contributed by atoms with Crippen LogP contribution in [0.15, 0.2) is 95.8 Å². The van der Waals surface area contributed by atoms with Crippen molar-refractivity contribution in [1.82, 2.24) is 19.8 Å². The summed E-state index contributed by atoms with van der Waals surface area (Å²) in [4.78, 5) is 17.7. The lowest BCUT2D eigenvalue weighted by Gasteiger charge is -2.25. The quantitative estimate of drug-likeness (QED) is 0.702. The molecule has 2 aliphatic rings. The van der Waals surface area contributed by atoms with Crippen LogP contribution in [0, 0.1) is 0 Å². The van der Waals surface area contributed by atoms with E-state index in [0.29, 0.717) is 24.2 Å². The average Bonchev–Trinajstić information content (AvgIpc) is 3.50. The molecule has 0 saturated carbocycles. The monoisotopic (exact) mass is 411 g/mol. The number of hydrogen-bond acceptors (Lipinski definition) is 5. The normalized spacial score (nSPS) is 18.4. The molecule has 1 unspecified atom stereocenters. The molecule has 1 aromatic carbocycles. The van der Waals surface area contributed by atoms with Crippen LogP contribution in [0.5, 0.6) is 0 Å². The Morgan fingerprint density at radius 3 is 2.84 bits per heavy atom. The fourth-order valence-corrected chi connectivity index (χ4v) is 3.96. The van der Waals surface area contributed by atoms with Gasteiger partial charge >= 0.3 is 0 Å². The number of amides is 1. The van der Waals surface area contributed by atoms with E-state index in [-0.39, 0.29) is 11.9 Å². The van der Waals surface area contributed by atoms with Gasteiger partial charge in [-0.3, -0.25) is 9.78 Å². The lowest BCUT2D eigenvalue weighted by atomic mass is 9.93. The molecule has 7 nitrogen and oxygen atoms in total. The van der Waals surface area contributed by atoms with Gasteiger partial charge in [0.1, 0.15) is 0 Å². The van der Waals surface area contributed by atoms with E-state index < -0.39 is 0 Å². The molecule has 0 radical (unpaired) electrons. The van der Waals surface area contributed by atoms with Crippen LogP contribution >= 0.6 is 0 Å². The van der Waals surface area contributed by atoms with Crippen LogP contribution < -0.4 is 0 Å². The van der Waals surface area contributed by atoms with E-state index in [1.54, 1.807) is 35.4 Å². The number of hydrazone groups is 1. The number of pyridine rings is 1. The van der Waals surface area contributed by atoms with Crippen LogP contribution in [0.2, 0.25) is 0 Å². The molecule has 7 heteroatoms. The predicted octanol–water partition coefficient (Wildman–Crippen LogP) is 4.05. The summed E-state index contributed by atoms with van der Waals surface area (Å²) < 4.78 is 1.71. The number of rotatable bonds is 4. The molecule has 2 aromatic heterocycles. The van der Waals surface area contributed by atoms with Crippen molar-refractivity contribution in [3.63, 3.8) is 0 Å². The van der Waals surface area contributed by atoms with E-state index in [1.165, 1.54) is 5.01 Å². The highest BCUT2D eigenvalue weighted by molar-refractivity contribution is 6.05. The summed E-state index contributed by atoms with van der Waals surface area (Å²) in [6, 6.07) is 12.5. The molecule has 3 aromatic rings. The first-order valence-corrected chi connectivity index (χ1v) is 10.2. The Hall–Kier alpha value is -4.00. The topological polar surface area (TPSA) is 83.6 Å². The molecule has 3 heterocycles. The van der Waals surface area contributed by atoms with Gasteiger partial charge in [-0.25, -0.2) is 9.69 Å². The van der Waals surface area contributed by atoms with E-state index in [9.17, 15) is 9.90 Å². The van der Waals surface area contributed by atoms with Crippen molar-refractivity contribution in [2.24, 2.45) is 5.10 Å². The molecule has 1 atom stereocenters. The number of allylic oxidation sites excluding steroid dienone is 2. The second-order valence-corrected chi connectivity index (χ2v) is 7.50. The fourth-order valence-electron chi connectivity index (χ4n) is 3.96. The molecule has 154 valence electrons. The van der Waals surface area contributed by atoms with Crippen LogP contribution in [-0.4, -0.2) is 42.5 Å². The number of nitrogens with zero attached hydrogens (tertiary/aromatic N) is 5. The molecule has 1 amide bonds. The Morgan fingerprint density at radius 1 is 1.13 bits per heavy atom. The minimum atomic E-state index is -0.368. The van der Waals surface area contributed by atoms with Crippen LogP contribution in [0.1, 0.15) is 35.2 Å². The summed E-state index contributed by atoms with van der Waals surface area (Å²) in [6.07, 6.45) is 12.8. The maximum Gasteiger partial charge on any atom is 0.274 e. The molecular formula is C24H21N5O2. The summed E-state index contributed by atoms with van der Waals surface area (Å²) in [5.41, 5.74) is 3.68. The van der Waals surface area contributed by atoms with E-state index in [1.807, 2.05) is 48.7 Å². The summed E-state index contributed by atoms with van der Waals surface area (Å²) in [5.74, 6) is 0.0930. The van der Waals surface area contributed by atoms with Crippen molar-refractivity contribution in [3.05, 3.63) is 102 Å². The van der Waals surface area contributed by atoms with Gasteiger partial charge in [0.25, 0.3) is 5.91 Å². The molecule has 0 fully saturated rings. The van der Waals surface area contributed by atoms with Gasteiger partial charge < -0.3 is 5.11 Å². The van der Waals surface area contributed by atoms with Crippen molar-refractivity contribution in [3.8, 4) is 5.69 Å². The van der Waals surface area contributed by atoms with Crippen molar-refractivity contribution in [1.29, 1.82) is 0 Å². The maximum absolute atomic E-state index is 13.6. The molecule has 0 bridgehead atoms. The van der Waals surface area contributed by atoms with Crippen LogP contribution in [0.4, 0.5) is 0 Å². The van der Waals surface area contributed by atoms with E-state index in [0.717, 1.165) is 29.0 Å². The van der Waals surface area contributed by atoms with Crippen molar-refractivity contribution < 1.29 is 9.90 Å². The number of benzene rings is 1. The van der Waals surface area contributed by atoms with Crippen molar-refractivity contribution in [2.45, 2.75) is 25.3 Å². The Kier molecular flexibility index (Phi) is 4.92. The number of aliphatic hydroxyl groups is 1. The Bertz CT molecular complexity index is 1200. The molecule has 1 aliphatic heterocycles. The molecule has 0 saturated heterocycles. The molecular weight excluding hydrogens is 390 g/mol. The van der Waals surface area contributed by atoms with Crippen molar-refractivity contribution >= 4 is 11.6 Å². The van der Waals surface area contributed by atoms with Gasteiger partial charge in [-0.15, -0.1) is 0 Å². The third kappa shape index (κ3) is 3.66. The number of carbonyl (C=O) groups is 1. The lowest BCUT2D eigenvalue weighted by Crippen LogP contribution is -2.34. The molecule has 1 aliphatic carbocycles. The van der Waals surface area contributed by atoms with Gasteiger partial charge in [0, 0.05) is 54.3 Å². The second-order valence-electron chi connectivity index (χ2n) is 7.50. The Morgan fingerprint density at radius 2 is 2.06 bits per heavy atom. The lowest BCUT2D eigenvalue weighted by molar-refractivity contribution is 0.0734. The first-order valence-electron chi connectivity index (χ1n) is 10.2. The Labute approximate surface area is 179 Å². The highest BCUT2D eigenvalue weighted by Gasteiger charge is 2.36. The summed E-state index contributed by atoms with van der Waals surface area (Å²) in [7, 11) is 0. The van der Waals surface area contributed by atoms with Gasteiger partial charge in [0.05, 0.1) is 23.2 Å². The Balaban J connectivity index is 1.53. The van der Waals surface area contributed by atoms with Gasteiger partial charge in [0.2, 0.25) is 0 Å². The maximum atomic E-state index is 13.6. The van der Waals surface area contributed by atoms with E-state index in [4.69, 9.17) is 0 Å². The number of aromatic nitrogens is 3. The molecule has 5 rings (SSSR count). The highest BCUT2D eigenvalue weighted by atomic mass is 16.3. The summed E-state index contributed by atoms with van der Waals surface area (Å²) >= 11 is 0. The standard InChI is InChI=1S/C24H21N5O2/c30-23-10-2-1-9-20(23)22-15-21(18-7-4-11-25-16-18)27-29(22)24(31)17-6-3-8-19(14-17)28-13-5-12-26-28/h1,3-9,11-14,16,22,30H,2,10,15H2. The van der Waals surface area contributed by atoms with E-state index in [2.05, 4.69) is 15.2 Å². The highest BCUT2D eigenvalue weighted by Crippen LogP contribution is 2.32. The summed E-state index contributed by atoms with van der Waals surface area (Å²) in [5, 5.41) is 21.0. The van der Waals surface area contributed by atoms with Crippen molar-refractivity contribution in [2.75, 3.05) is 0 Å². The van der Waals surface area contributed by atoms with Crippen LogP contribution in [-0.2, 0) is 0 Å². The van der Waals surface area contributed by atoms with Crippen LogP contribution in [0.3, 0.4) is 0 Å². The van der Waals surface area contributed by atoms with Gasteiger partial charge in [0.15, 0.2) is 0 Å². The van der Waals surface area contributed by atoms with Gasteiger partial charge in [-0.1, -0.05) is 24.3 Å². The molecule has 0 spiro atoms. The predicted molar refractivity (Wildman–Crippen MR) is 117 cm³/mol. The second kappa shape index (κ2) is 8.02. The minimum absolute atomic E-state index is 0.225. The zero-order chi connectivity index (χ0) is 21.2. The number of carbonyl (C=O) groups excluding carboxylic acids is 1. The number of hydrogen-bond donors (Lipinski definition) is 1. The number of aliphatic hydroxyl groups excluding tert-OH is 1. The van der Waals surface area contributed by atoms with E-state index >= 15 is 0 Å². The smallest absolute Gasteiger partial charge is 0.274 e. The SMILES string of the molecule is O=C(c1cccc(-n2cccn2)c1)N1N=C(c2cccnc2)CC1C1=C(O)CCC=C1. The first kappa shape index (κ1) is 19.0. The van der Waals surface area contributed by atoms with Gasteiger partial charge in [-0.2, -0.15) is 10.2 Å². The van der Waals surface area contributed by atoms with Crippen LogP contribution in [0.25, 0.3) is 5.69 Å². The summed E-state index contributed by atoms with van der Waals surface area (Å²) in [6.45, 7) is 0. The fraction of sp³-hybridized carbons (Fsp3) is 0.167. The third-order valence-electron chi connectivity index (χ3n) is 5.51. The minimum Gasteiger partial charge on any atom is -0.512 e. The average molecular weight is 411 g/mol. The largest absolute Gasteiger partial charge is 0.512 e. The van der Waals surface area contributed by atoms with Gasteiger partial charge in [-0.05, 0) is 36.8 Å².